The van der Waals surface area contributed by atoms with Gasteiger partial charge in [0.1, 0.15) is 4.21 Å². The molecule has 0 saturated carbocycles. The zero-order chi connectivity index (χ0) is 15.3. The second-order valence-corrected chi connectivity index (χ2v) is 7.22. The third-order valence-electron chi connectivity index (χ3n) is 2.69. The Balaban J connectivity index is 2.07. The summed E-state index contributed by atoms with van der Waals surface area (Å²) in [5, 5.41) is 8.88. The first-order chi connectivity index (χ1) is 10.0. The third-order valence-corrected chi connectivity index (χ3v) is 5.56. The molecule has 7 nitrogen and oxygen atoms in total. The maximum atomic E-state index is 12.3. The van der Waals surface area contributed by atoms with Crippen LogP contribution in [0, 0.1) is 0 Å². The molecule has 0 saturated heterocycles. The van der Waals surface area contributed by atoms with Gasteiger partial charge in [-0.3, -0.25) is 9.40 Å². The van der Waals surface area contributed by atoms with E-state index in [1.54, 1.807) is 24.1 Å². The Kier molecular flexibility index (Phi) is 5.34. The average molecular weight is 330 g/mol. The van der Waals surface area contributed by atoms with Crippen LogP contribution in [0.15, 0.2) is 28.0 Å². The predicted octanol–water partition coefficient (Wildman–Crippen LogP) is 1.11. The standard InChI is InChI=1S/C12H18N4O3S2/c1-13-6-10-5-12(20-9-10)21(17,18)15-11-7-14-16(8-11)3-4-19-2/h5,7-9,13,15H,3-4,6H2,1-2H3. The fourth-order valence-electron chi connectivity index (χ4n) is 1.72. The molecule has 0 aliphatic rings. The van der Waals surface area contributed by atoms with Gasteiger partial charge in [0.15, 0.2) is 0 Å². The largest absolute Gasteiger partial charge is 0.383 e. The monoisotopic (exact) mass is 330 g/mol. The van der Waals surface area contributed by atoms with Crippen molar-refractivity contribution in [3.8, 4) is 0 Å². The number of hydrogen-bond donors (Lipinski definition) is 2. The van der Waals surface area contributed by atoms with Crippen LogP contribution in [-0.4, -0.2) is 39.0 Å². The Bertz CT molecular complexity index is 678. The SMILES string of the molecule is CNCc1csc(S(=O)(=O)Nc2cnn(CCOC)c2)c1. The lowest BCUT2D eigenvalue weighted by Gasteiger charge is -2.03. The van der Waals surface area contributed by atoms with Crippen LogP contribution in [0.1, 0.15) is 5.56 Å². The molecular weight excluding hydrogens is 312 g/mol. The molecule has 2 aromatic heterocycles. The lowest BCUT2D eigenvalue weighted by atomic mass is 10.3. The van der Waals surface area contributed by atoms with Crippen molar-refractivity contribution in [1.82, 2.24) is 15.1 Å². The number of sulfonamides is 1. The Labute approximate surface area is 128 Å². The van der Waals surface area contributed by atoms with Crippen LogP contribution in [0.2, 0.25) is 0 Å². The first-order valence-electron chi connectivity index (χ1n) is 6.31. The molecule has 0 unspecified atom stereocenters. The first kappa shape index (κ1) is 16.0. The molecule has 0 amide bonds. The molecule has 21 heavy (non-hydrogen) atoms. The number of methoxy groups -OCH3 is 1. The highest BCUT2D eigenvalue weighted by Crippen LogP contribution is 2.22. The van der Waals surface area contributed by atoms with Crippen molar-refractivity contribution in [3.05, 3.63) is 29.4 Å². The van der Waals surface area contributed by atoms with Gasteiger partial charge < -0.3 is 10.1 Å². The zero-order valence-corrected chi connectivity index (χ0v) is 13.5. The molecule has 0 atom stereocenters. The van der Waals surface area contributed by atoms with Crippen LogP contribution < -0.4 is 10.0 Å². The third kappa shape index (κ3) is 4.27. The van der Waals surface area contributed by atoms with Crippen LogP contribution in [-0.2, 0) is 27.8 Å². The van der Waals surface area contributed by atoms with Gasteiger partial charge in [0.25, 0.3) is 10.0 Å². The molecule has 2 rings (SSSR count). The van der Waals surface area contributed by atoms with E-state index < -0.39 is 10.0 Å². The summed E-state index contributed by atoms with van der Waals surface area (Å²) in [5.41, 5.74) is 1.38. The molecule has 0 bridgehead atoms. The molecule has 0 aliphatic carbocycles. The van der Waals surface area contributed by atoms with Gasteiger partial charge in [0, 0.05) is 19.9 Å². The molecule has 2 aromatic rings. The van der Waals surface area contributed by atoms with E-state index in [-0.39, 0.29) is 4.21 Å². The van der Waals surface area contributed by atoms with Gasteiger partial charge >= 0.3 is 0 Å². The van der Waals surface area contributed by atoms with E-state index in [2.05, 4.69) is 15.1 Å². The van der Waals surface area contributed by atoms with Crippen LogP contribution in [0.3, 0.4) is 0 Å². The lowest BCUT2D eigenvalue weighted by molar-refractivity contribution is 0.183. The Hall–Kier alpha value is -1.42. The average Bonchev–Trinajstić information content (AvgIpc) is 3.06. The number of rotatable bonds is 8. The minimum Gasteiger partial charge on any atom is -0.383 e. The second kappa shape index (κ2) is 7.03. The quantitative estimate of drug-likeness (QED) is 0.757. The van der Waals surface area contributed by atoms with Gasteiger partial charge in [-0.25, -0.2) is 8.42 Å². The Morgan fingerprint density at radius 3 is 3.00 bits per heavy atom. The molecule has 9 heteroatoms. The zero-order valence-electron chi connectivity index (χ0n) is 11.9. The Morgan fingerprint density at radius 1 is 1.48 bits per heavy atom. The summed E-state index contributed by atoms with van der Waals surface area (Å²) < 4.78 is 33.9. The van der Waals surface area contributed by atoms with Gasteiger partial charge in [-0.15, -0.1) is 11.3 Å². The molecule has 2 heterocycles. The Morgan fingerprint density at radius 2 is 2.29 bits per heavy atom. The summed E-state index contributed by atoms with van der Waals surface area (Å²) in [7, 11) is -0.140. The van der Waals surface area contributed by atoms with Crippen molar-refractivity contribution in [2.24, 2.45) is 0 Å². The smallest absolute Gasteiger partial charge is 0.271 e. The van der Waals surface area contributed by atoms with Crippen molar-refractivity contribution < 1.29 is 13.2 Å². The fourth-order valence-corrected chi connectivity index (χ4v) is 3.96. The molecule has 0 aliphatic heterocycles. The summed E-state index contributed by atoms with van der Waals surface area (Å²) in [6.07, 6.45) is 3.12. The number of thiophene rings is 1. The highest BCUT2D eigenvalue weighted by atomic mass is 32.2. The summed E-state index contributed by atoms with van der Waals surface area (Å²) in [4.78, 5) is 0. The maximum absolute atomic E-state index is 12.3. The topological polar surface area (TPSA) is 85.3 Å². The minimum atomic E-state index is -3.56. The summed E-state index contributed by atoms with van der Waals surface area (Å²) in [6.45, 7) is 1.73. The van der Waals surface area contributed by atoms with Gasteiger partial charge in [-0.05, 0) is 24.1 Å². The van der Waals surface area contributed by atoms with Crippen LogP contribution in [0.25, 0.3) is 0 Å². The fraction of sp³-hybridized carbons (Fsp3) is 0.417. The number of ether oxygens (including phenoxy) is 1. The van der Waals surface area contributed by atoms with Crippen molar-refractivity contribution in [3.63, 3.8) is 0 Å². The number of hydrogen-bond acceptors (Lipinski definition) is 6. The molecule has 116 valence electrons. The van der Waals surface area contributed by atoms with Gasteiger partial charge in [-0.2, -0.15) is 5.10 Å². The van der Waals surface area contributed by atoms with Gasteiger partial charge in [-0.1, -0.05) is 0 Å². The van der Waals surface area contributed by atoms with E-state index in [0.29, 0.717) is 25.4 Å². The minimum absolute atomic E-state index is 0.289. The predicted molar refractivity (Wildman–Crippen MR) is 82.0 cm³/mol. The molecular formula is C12H18N4O3S2. The number of anilines is 1. The maximum Gasteiger partial charge on any atom is 0.271 e. The number of nitrogens with zero attached hydrogens (tertiary/aromatic N) is 2. The first-order valence-corrected chi connectivity index (χ1v) is 8.67. The molecule has 0 fully saturated rings. The lowest BCUT2D eigenvalue weighted by Crippen LogP contribution is -2.11. The highest BCUT2D eigenvalue weighted by Gasteiger charge is 2.17. The van der Waals surface area contributed by atoms with E-state index in [9.17, 15) is 8.42 Å². The molecule has 0 radical (unpaired) electrons. The normalized spacial score (nSPS) is 11.7. The summed E-state index contributed by atoms with van der Waals surface area (Å²) in [6, 6.07) is 1.67. The van der Waals surface area contributed by atoms with Crippen LogP contribution in [0.4, 0.5) is 5.69 Å². The van der Waals surface area contributed by atoms with E-state index >= 15 is 0 Å². The van der Waals surface area contributed by atoms with E-state index in [1.165, 1.54) is 17.5 Å². The summed E-state index contributed by atoms with van der Waals surface area (Å²) >= 11 is 1.20. The van der Waals surface area contributed by atoms with Crippen LogP contribution in [0.5, 0.6) is 0 Å². The highest BCUT2D eigenvalue weighted by molar-refractivity contribution is 7.94. The molecule has 2 N–H and O–H groups in total. The van der Waals surface area contributed by atoms with E-state index in [4.69, 9.17) is 4.74 Å². The number of nitrogens with one attached hydrogen (secondary N) is 2. The van der Waals surface area contributed by atoms with Gasteiger partial charge in [0.05, 0.1) is 25.0 Å². The summed E-state index contributed by atoms with van der Waals surface area (Å²) in [5.74, 6) is 0. The second-order valence-electron chi connectivity index (χ2n) is 4.39. The van der Waals surface area contributed by atoms with Crippen molar-refractivity contribution >= 4 is 27.0 Å². The van der Waals surface area contributed by atoms with Crippen LogP contribution >= 0.6 is 11.3 Å². The number of aromatic nitrogens is 2. The van der Waals surface area contributed by atoms with Gasteiger partial charge in [0.2, 0.25) is 0 Å². The molecule has 0 spiro atoms. The van der Waals surface area contributed by atoms with Crippen molar-refractivity contribution in [2.45, 2.75) is 17.3 Å². The van der Waals surface area contributed by atoms with E-state index in [1.807, 2.05) is 12.4 Å². The van der Waals surface area contributed by atoms with E-state index in [0.717, 1.165) is 5.56 Å². The van der Waals surface area contributed by atoms with Crippen molar-refractivity contribution in [1.29, 1.82) is 0 Å². The van der Waals surface area contributed by atoms with Crippen molar-refractivity contribution in [2.75, 3.05) is 25.5 Å². The molecule has 0 aromatic carbocycles.